The molecule has 1 aliphatic carbocycles. The van der Waals surface area contributed by atoms with Gasteiger partial charge in [0.1, 0.15) is 5.75 Å². The fraction of sp³-hybridized carbons (Fsp3) is 0.368. The maximum atomic E-state index is 11.7. The zero-order valence-corrected chi connectivity index (χ0v) is 13.7. The lowest BCUT2D eigenvalue weighted by Gasteiger charge is -2.35. The lowest BCUT2D eigenvalue weighted by molar-refractivity contribution is -0.146. The predicted molar refractivity (Wildman–Crippen MR) is 89.5 cm³/mol. The second-order valence-corrected chi connectivity index (χ2v) is 6.47. The van der Waals surface area contributed by atoms with Crippen LogP contribution in [0.1, 0.15) is 30.4 Å². The van der Waals surface area contributed by atoms with E-state index in [-0.39, 0.29) is 12.3 Å². The molecule has 24 heavy (non-hydrogen) atoms. The molecule has 0 aliphatic heterocycles. The summed E-state index contributed by atoms with van der Waals surface area (Å²) >= 11 is 0. The second kappa shape index (κ2) is 6.15. The van der Waals surface area contributed by atoms with Crippen LogP contribution >= 0.6 is 0 Å². The highest BCUT2D eigenvalue weighted by Crippen LogP contribution is 2.44. The van der Waals surface area contributed by atoms with Crippen LogP contribution in [0.5, 0.6) is 5.75 Å². The van der Waals surface area contributed by atoms with Crippen molar-refractivity contribution in [3.05, 3.63) is 41.5 Å². The van der Waals surface area contributed by atoms with E-state index in [9.17, 15) is 19.8 Å². The fourth-order valence-electron chi connectivity index (χ4n) is 3.97. The third-order valence-corrected chi connectivity index (χ3v) is 5.03. The molecular formula is C19H20O5. The van der Waals surface area contributed by atoms with E-state index in [1.54, 1.807) is 7.11 Å². The molecule has 0 radical (unpaired) electrons. The Balaban J connectivity index is 2.18. The van der Waals surface area contributed by atoms with Gasteiger partial charge >= 0.3 is 11.9 Å². The summed E-state index contributed by atoms with van der Waals surface area (Å²) in [7, 11) is 1.61. The molecule has 5 heteroatoms. The van der Waals surface area contributed by atoms with E-state index in [2.05, 4.69) is 0 Å². The van der Waals surface area contributed by atoms with Crippen LogP contribution in [0.4, 0.5) is 0 Å². The summed E-state index contributed by atoms with van der Waals surface area (Å²) in [6.07, 6.45) is 0.460. The molecule has 3 atom stereocenters. The van der Waals surface area contributed by atoms with E-state index in [1.165, 1.54) is 0 Å². The quantitative estimate of drug-likeness (QED) is 0.899. The first-order valence-corrected chi connectivity index (χ1v) is 7.96. The molecule has 0 saturated carbocycles. The maximum absolute atomic E-state index is 11.7. The Labute approximate surface area is 139 Å². The summed E-state index contributed by atoms with van der Waals surface area (Å²) in [5, 5.41) is 20.9. The molecule has 0 amide bonds. The molecule has 0 heterocycles. The molecule has 2 aromatic carbocycles. The van der Waals surface area contributed by atoms with Crippen LogP contribution in [0.25, 0.3) is 10.8 Å². The SMILES string of the molecule is COc1ccc2c3c(ccc2c1)[C@@H](CC(=O)O)[C@@H](C(=O)O)C(C)C3. The van der Waals surface area contributed by atoms with Gasteiger partial charge in [-0.05, 0) is 46.4 Å². The lowest BCUT2D eigenvalue weighted by Crippen LogP contribution is -2.35. The minimum absolute atomic E-state index is 0.118. The maximum Gasteiger partial charge on any atom is 0.307 e. The molecule has 0 saturated heterocycles. The molecule has 0 fully saturated rings. The molecule has 0 spiro atoms. The van der Waals surface area contributed by atoms with Gasteiger partial charge in [0.2, 0.25) is 0 Å². The summed E-state index contributed by atoms with van der Waals surface area (Å²) in [5.41, 5.74) is 1.91. The van der Waals surface area contributed by atoms with E-state index in [1.807, 2.05) is 37.3 Å². The van der Waals surface area contributed by atoms with Crippen molar-refractivity contribution < 1.29 is 24.5 Å². The van der Waals surface area contributed by atoms with Gasteiger partial charge in [-0.1, -0.05) is 25.1 Å². The Kier molecular flexibility index (Phi) is 4.18. The fourth-order valence-corrected chi connectivity index (χ4v) is 3.97. The Morgan fingerprint density at radius 1 is 1.21 bits per heavy atom. The van der Waals surface area contributed by atoms with Gasteiger partial charge in [0, 0.05) is 5.92 Å². The topological polar surface area (TPSA) is 83.8 Å². The zero-order chi connectivity index (χ0) is 17.4. The number of fused-ring (bicyclic) bond motifs is 3. The first-order chi connectivity index (χ1) is 11.4. The number of carbonyl (C=O) groups is 2. The second-order valence-electron chi connectivity index (χ2n) is 6.47. The summed E-state index contributed by atoms with van der Waals surface area (Å²) in [4.78, 5) is 23.0. The molecular weight excluding hydrogens is 308 g/mol. The molecule has 2 aromatic rings. The van der Waals surface area contributed by atoms with Crippen molar-refractivity contribution in [2.24, 2.45) is 11.8 Å². The van der Waals surface area contributed by atoms with Crippen molar-refractivity contribution in [2.45, 2.75) is 25.7 Å². The lowest BCUT2D eigenvalue weighted by atomic mass is 9.67. The first-order valence-electron chi connectivity index (χ1n) is 7.96. The molecule has 1 aliphatic rings. The highest BCUT2D eigenvalue weighted by Gasteiger charge is 2.40. The highest BCUT2D eigenvalue weighted by atomic mass is 16.5. The number of aliphatic carboxylic acids is 2. The zero-order valence-electron chi connectivity index (χ0n) is 13.7. The Hall–Kier alpha value is -2.56. The van der Waals surface area contributed by atoms with Crippen LogP contribution < -0.4 is 4.74 Å². The predicted octanol–water partition coefficient (Wildman–Crippen LogP) is 3.30. The summed E-state index contributed by atoms with van der Waals surface area (Å²) in [5.74, 6) is -2.44. The minimum atomic E-state index is -0.971. The van der Waals surface area contributed by atoms with Crippen molar-refractivity contribution in [1.29, 1.82) is 0 Å². The number of ether oxygens (including phenoxy) is 1. The smallest absolute Gasteiger partial charge is 0.307 e. The van der Waals surface area contributed by atoms with Crippen molar-refractivity contribution in [2.75, 3.05) is 7.11 Å². The van der Waals surface area contributed by atoms with Crippen LogP contribution in [-0.4, -0.2) is 29.3 Å². The number of benzene rings is 2. The van der Waals surface area contributed by atoms with Crippen molar-refractivity contribution in [3.8, 4) is 5.75 Å². The minimum Gasteiger partial charge on any atom is -0.497 e. The van der Waals surface area contributed by atoms with Gasteiger partial charge in [-0.2, -0.15) is 0 Å². The summed E-state index contributed by atoms with van der Waals surface area (Å²) < 4.78 is 5.25. The first kappa shape index (κ1) is 16.3. The van der Waals surface area contributed by atoms with Gasteiger partial charge in [-0.25, -0.2) is 0 Å². The summed E-state index contributed by atoms with van der Waals surface area (Å²) in [6.45, 7) is 1.89. The molecule has 3 rings (SSSR count). The number of hydrogen-bond acceptors (Lipinski definition) is 3. The molecule has 5 nitrogen and oxygen atoms in total. The Morgan fingerprint density at radius 2 is 1.96 bits per heavy atom. The van der Waals surface area contributed by atoms with Gasteiger partial charge < -0.3 is 14.9 Å². The van der Waals surface area contributed by atoms with Gasteiger partial charge in [0.25, 0.3) is 0 Å². The largest absolute Gasteiger partial charge is 0.497 e. The van der Waals surface area contributed by atoms with Crippen LogP contribution in [0, 0.1) is 11.8 Å². The van der Waals surface area contributed by atoms with E-state index in [0.29, 0.717) is 6.42 Å². The van der Waals surface area contributed by atoms with E-state index >= 15 is 0 Å². The van der Waals surface area contributed by atoms with Crippen molar-refractivity contribution in [3.63, 3.8) is 0 Å². The van der Waals surface area contributed by atoms with Gasteiger partial charge in [-0.15, -0.1) is 0 Å². The van der Waals surface area contributed by atoms with Crippen LogP contribution in [0.2, 0.25) is 0 Å². The molecule has 2 N–H and O–H groups in total. The third kappa shape index (κ3) is 2.70. The number of carboxylic acids is 2. The normalized spacial score (nSPS) is 22.8. The van der Waals surface area contributed by atoms with E-state index < -0.39 is 23.8 Å². The third-order valence-electron chi connectivity index (χ3n) is 5.03. The van der Waals surface area contributed by atoms with Crippen molar-refractivity contribution in [1.82, 2.24) is 0 Å². The van der Waals surface area contributed by atoms with Crippen molar-refractivity contribution >= 4 is 22.7 Å². The molecule has 1 unspecified atom stereocenters. The van der Waals surface area contributed by atoms with Crippen LogP contribution in [-0.2, 0) is 16.0 Å². The van der Waals surface area contributed by atoms with E-state index in [4.69, 9.17) is 4.74 Å². The molecule has 0 aromatic heterocycles. The summed E-state index contributed by atoms with van der Waals surface area (Å²) in [6, 6.07) is 9.59. The number of rotatable bonds is 4. The standard InChI is InChI=1S/C19H20O5/c1-10-7-15-13-6-4-12(24-2)8-11(13)3-5-14(15)16(9-17(20)21)18(10)19(22)23/h3-6,8,10,16,18H,7,9H2,1-2H3,(H,20,21)(H,22,23)/t10?,16-,18+/m1/s1. The van der Waals surface area contributed by atoms with Gasteiger partial charge in [-0.3, -0.25) is 9.59 Å². The average molecular weight is 328 g/mol. The average Bonchev–Trinajstić information content (AvgIpc) is 2.53. The molecule has 0 bridgehead atoms. The van der Waals surface area contributed by atoms with Crippen LogP contribution in [0.15, 0.2) is 30.3 Å². The van der Waals surface area contributed by atoms with Crippen LogP contribution in [0.3, 0.4) is 0 Å². The Morgan fingerprint density at radius 3 is 2.58 bits per heavy atom. The highest BCUT2D eigenvalue weighted by molar-refractivity contribution is 5.89. The Bertz CT molecular complexity index is 811. The number of carboxylic acid groups (broad SMARTS) is 2. The number of methoxy groups -OCH3 is 1. The van der Waals surface area contributed by atoms with E-state index in [0.717, 1.165) is 27.6 Å². The van der Waals surface area contributed by atoms with Gasteiger partial charge in [0.15, 0.2) is 0 Å². The number of hydrogen-bond donors (Lipinski definition) is 2. The monoisotopic (exact) mass is 328 g/mol. The van der Waals surface area contributed by atoms with Gasteiger partial charge in [0.05, 0.1) is 19.4 Å². The molecule has 126 valence electrons.